The molecule has 6 nitrogen and oxygen atoms in total. The van der Waals surface area contributed by atoms with Crippen LogP contribution in [0.3, 0.4) is 0 Å². The van der Waals surface area contributed by atoms with E-state index in [0.717, 1.165) is 41.2 Å². The summed E-state index contributed by atoms with van der Waals surface area (Å²) < 4.78 is 22.4. The fourth-order valence-corrected chi connectivity index (χ4v) is 4.33. The molecule has 31 heavy (non-hydrogen) atoms. The molecule has 2 aromatic carbocycles. The van der Waals surface area contributed by atoms with E-state index in [2.05, 4.69) is 11.4 Å². The Morgan fingerprint density at radius 3 is 2.74 bits per heavy atom. The molecule has 1 fully saturated rings. The van der Waals surface area contributed by atoms with Crippen LogP contribution in [0, 0.1) is 6.92 Å². The van der Waals surface area contributed by atoms with Gasteiger partial charge < -0.3 is 24.3 Å². The molecule has 166 valence electrons. The van der Waals surface area contributed by atoms with Crippen LogP contribution in [0.25, 0.3) is 0 Å². The molecule has 1 N–H and O–H groups in total. The van der Waals surface area contributed by atoms with Crippen LogP contribution < -0.4 is 19.5 Å². The van der Waals surface area contributed by atoms with Gasteiger partial charge >= 0.3 is 0 Å². The zero-order valence-electron chi connectivity index (χ0n) is 17.7. The average molecular weight is 446 g/mol. The van der Waals surface area contributed by atoms with E-state index in [4.69, 9.17) is 30.5 Å². The second-order valence-electron chi connectivity index (χ2n) is 8.10. The molecule has 0 aliphatic carbocycles. The van der Waals surface area contributed by atoms with Gasteiger partial charge in [0.15, 0.2) is 11.5 Å². The number of amides is 1. The van der Waals surface area contributed by atoms with Crippen molar-refractivity contribution in [2.75, 3.05) is 33.2 Å². The zero-order valence-corrected chi connectivity index (χ0v) is 18.5. The molecule has 7 heteroatoms. The Bertz CT molecular complexity index is 926. The van der Waals surface area contributed by atoms with E-state index in [1.165, 1.54) is 0 Å². The maximum Gasteiger partial charge on any atom is 0.231 e. The topological polar surface area (TPSA) is 66.0 Å². The quantitative estimate of drug-likeness (QED) is 0.610. The standard InChI is InChI=1S/C24H28ClNO5/c1-17-13-19(25)5-7-20(17)29-10-2-3-23(27)26-15-24(8-11-28-12-9-24)18-4-6-21-22(14-18)31-16-30-21/h4-7,13-14H,2-3,8-12,15-16H2,1H3,(H,26,27). The summed E-state index contributed by atoms with van der Waals surface area (Å²) in [5.74, 6) is 2.37. The van der Waals surface area contributed by atoms with Crippen LogP contribution in [-0.4, -0.2) is 39.1 Å². The smallest absolute Gasteiger partial charge is 0.231 e. The minimum absolute atomic E-state index is 0.0306. The highest BCUT2D eigenvalue weighted by molar-refractivity contribution is 6.30. The maximum absolute atomic E-state index is 12.5. The van der Waals surface area contributed by atoms with Gasteiger partial charge in [-0.2, -0.15) is 0 Å². The number of rotatable bonds is 8. The minimum Gasteiger partial charge on any atom is -0.493 e. The lowest BCUT2D eigenvalue weighted by atomic mass is 9.74. The highest BCUT2D eigenvalue weighted by Gasteiger charge is 2.36. The lowest BCUT2D eigenvalue weighted by molar-refractivity contribution is -0.121. The molecule has 0 unspecified atom stereocenters. The summed E-state index contributed by atoms with van der Waals surface area (Å²) in [4.78, 5) is 12.5. The lowest BCUT2D eigenvalue weighted by Gasteiger charge is -2.38. The van der Waals surface area contributed by atoms with E-state index in [1.807, 2.05) is 31.2 Å². The number of ether oxygens (including phenoxy) is 4. The molecule has 0 aromatic heterocycles. The Balaban J connectivity index is 1.30. The van der Waals surface area contributed by atoms with E-state index in [0.29, 0.717) is 44.2 Å². The van der Waals surface area contributed by atoms with Crippen molar-refractivity contribution in [3.63, 3.8) is 0 Å². The highest BCUT2D eigenvalue weighted by Crippen LogP contribution is 2.40. The van der Waals surface area contributed by atoms with E-state index in [1.54, 1.807) is 6.07 Å². The maximum atomic E-state index is 12.5. The summed E-state index contributed by atoms with van der Waals surface area (Å²) in [5.41, 5.74) is 1.98. The van der Waals surface area contributed by atoms with Crippen LogP contribution in [0.15, 0.2) is 36.4 Å². The number of aryl methyl sites for hydroxylation is 1. The first kappa shape index (κ1) is 21.8. The molecule has 1 amide bonds. The first-order chi connectivity index (χ1) is 15.1. The minimum atomic E-state index is -0.161. The van der Waals surface area contributed by atoms with Gasteiger partial charge in [-0.15, -0.1) is 0 Å². The summed E-state index contributed by atoms with van der Waals surface area (Å²) in [7, 11) is 0. The fourth-order valence-electron chi connectivity index (χ4n) is 4.10. The molecule has 2 aliphatic heterocycles. The summed E-state index contributed by atoms with van der Waals surface area (Å²) in [5, 5.41) is 3.83. The van der Waals surface area contributed by atoms with E-state index in [9.17, 15) is 4.79 Å². The van der Waals surface area contributed by atoms with Crippen molar-refractivity contribution in [1.82, 2.24) is 5.32 Å². The van der Waals surface area contributed by atoms with Crippen LogP contribution in [-0.2, 0) is 14.9 Å². The molecule has 0 radical (unpaired) electrons. The number of hydrogen-bond donors (Lipinski definition) is 1. The molecular formula is C24H28ClNO5. The molecule has 2 heterocycles. The van der Waals surface area contributed by atoms with Crippen LogP contribution in [0.2, 0.25) is 5.02 Å². The van der Waals surface area contributed by atoms with Gasteiger partial charge in [0.05, 0.1) is 6.61 Å². The molecule has 0 spiro atoms. The Morgan fingerprint density at radius 1 is 1.13 bits per heavy atom. The van der Waals surface area contributed by atoms with Gasteiger partial charge in [-0.1, -0.05) is 17.7 Å². The molecule has 2 aromatic rings. The summed E-state index contributed by atoms with van der Waals surface area (Å²) in [6.07, 6.45) is 2.77. The van der Waals surface area contributed by atoms with Crippen molar-refractivity contribution < 1.29 is 23.7 Å². The number of halogens is 1. The summed E-state index contributed by atoms with van der Waals surface area (Å²) >= 11 is 5.97. The van der Waals surface area contributed by atoms with Gasteiger partial charge in [0.25, 0.3) is 0 Å². The SMILES string of the molecule is Cc1cc(Cl)ccc1OCCCC(=O)NCC1(c2ccc3c(c2)OCO3)CCOCC1. The highest BCUT2D eigenvalue weighted by atomic mass is 35.5. The predicted octanol–water partition coefficient (Wildman–Crippen LogP) is 4.40. The lowest BCUT2D eigenvalue weighted by Crippen LogP contribution is -2.44. The van der Waals surface area contributed by atoms with Gasteiger partial charge in [-0.05, 0) is 67.6 Å². The van der Waals surface area contributed by atoms with Gasteiger partial charge in [-0.25, -0.2) is 0 Å². The van der Waals surface area contributed by atoms with Gasteiger partial charge in [0, 0.05) is 36.6 Å². The van der Waals surface area contributed by atoms with Crippen molar-refractivity contribution >= 4 is 17.5 Å². The van der Waals surface area contributed by atoms with Gasteiger partial charge in [-0.3, -0.25) is 4.79 Å². The van der Waals surface area contributed by atoms with Gasteiger partial charge in [0.2, 0.25) is 12.7 Å². The molecule has 2 aliphatic rings. The summed E-state index contributed by atoms with van der Waals surface area (Å²) in [6, 6.07) is 11.6. The van der Waals surface area contributed by atoms with E-state index >= 15 is 0 Å². The normalized spacial score (nSPS) is 16.7. The first-order valence-corrected chi connectivity index (χ1v) is 11.1. The molecule has 1 saturated heterocycles. The van der Waals surface area contributed by atoms with Crippen LogP contribution in [0.4, 0.5) is 0 Å². The number of benzene rings is 2. The Hall–Kier alpha value is -2.44. The second-order valence-corrected chi connectivity index (χ2v) is 8.54. The van der Waals surface area contributed by atoms with E-state index < -0.39 is 0 Å². The van der Waals surface area contributed by atoms with Crippen molar-refractivity contribution in [2.45, 2.75) is 38.0 Å². The molecular weight excluding hydrogens is 418 g/mol. The number of carbonyl (C=O) groups excluding carboxylic acids is 1. The van der Waals surface area contributed by atoms with E-state index in [-0.39, 0.29) is 18.1 Å². The fraction of sp³-hybridized carbons (Fsp3) is 0.458. The Morgan fingerprint density at radius 2 is 1.94 bits per heavy atom. The average Bonchev–Trinajstić information content (AvgIpc) is 3.25. The molecule has 0 atom stereocenters. The number of hydrogen-bond acceptors (Lipinski definition) is 5. The van der Waals surface area contributed by atoms with Crippen LogP contribution >= 0.6 is 11.6 Å². The van der Waals surface area contributed by atoms with Crippen LogP contribution in [0.5, 0.6) is 17.2 Å². The van der Waals surface area contributed by atoms with Crippen molar-refractivity contribution in [3.8, 4) is 17.2 Å². The molecule has 4 rings (SSSR count). The van der Waals surface area contributed by atoms with Crippen molar-refractivity contribution in [3.05, 3.63) is 52.5 Å². The third-order valence-corrected chi connectivity index (χ3v) is 6.24. The third-order valence-electron chi connectivity index (χ3n) is 6.00. The Labute approximate surface area is 187 Å². The summed E-state index contributed by atoms with van der Waals surface area (Å²) in [6.45, 7) is 4.63. The zero-order chi connectivity index (χ0) is 21.7. The largest absolute Gasteiger partial charge is 0.493 e. The first-order valence-electron chi connectivity index (χ1n) is 10.7. The third kappa shape index (κ3) is 5.25. The number of fused-ring (bicyclic) bond motifs is 1. The predicted molar refractivity (Wildman–Crippen MR) is 118 cm³/mol. The van der Waals surface area contributed by atoms with Crippen molar-refractivity contribution in [1.29, 1.82) is 0 Å². The van der Waals surface area contributed by atoms with Crippen LogP contribution in [0.1, 0.15) is 36.8 Å². The monoisotopic (exact) mass is 445 g/mol. The Kier molecular flexibility index (Phi) is 6.88. The van der Waals surface area contributed by atoms with Crippen molar-refractivity contribution in [2.24, 2.45) is 0 Å². The molecule has 0 bridgehead atoms. The molecule has 0 saturated carbocycles. The number of nitrogens with one attached hydrogen (secondary N) is 1. The number of carbonyl (C=O) groups is 1. The van der Waals surface area contributed by atoms with Gasteiger partial charge in [0.1, 0.15) is 5.75 Å². The second kappa shape index (κ2) is 9.79.